The average Bonchev–Trinajstić information content (AvgIpc) is 2.79. The summed E-state index contributed by atoms with van der Waals surface area (Å²) in [6.07, 6.45) is 1.76. The van der Waals surface area contributed by atoms with Crippen LogP contribution in [0.5, 0.6) is 0 Å². The maximum Gasteiger partial charge on any atom is 0.138 e. The summed E-state index contributed by atoms with van der Waals surface area (Å²) in [6.45, 7) is 5.58. The Bertz CT molecular complexity index is 511. The average molecular weight is 262 g/mol. The van der Waals surface area contributed by atoms with Crippen molar-refractivity contribution < 1.29 is 5.11 Å². The van der Waals surface area contributed by atoms with E-state index < -0.39 is 5.60 Å². The van der Waals surface area contributed by atoms with Crippen LogP contribution in [0.1, 0.15) is 26.6 Å². The summed E-state index contributed by atoms with van der Waals surface area (Å²) in [5.41, 5.74) is 1.08. The molecule has 4 heteroatoms. The van der Waals surface area contributed by atoms with Crippen molar-refractivity contribution in [3.63, 3.8) is 0 Å². The molecule has 0 unspecified atom stereocenters. The summed E-state index contributed by atoms with van der Waals surface area (Å²) >= 11 is 1.82. The van der Waals surface area contributed by atoms with Gasteiger partial charge in [0.25, 0.3) is 0 Å². The molecule has 2 N–H and O–H groups in total. The molecule has 0 amide bonds. The van der Waals surface area contributed by atoms with Gasteiger partial charge in [-0.25, -0.2) is 4.98 Å². The minimum Gasteiger partial charge on any atom is -0.383 e. The number of aliphatic hydroxyl groups is 1. The third-order valence-electron chi connectivity index (χ3n) is 2.63. The Morgan fingerprint density at radius 2 is 1.94 bits per heavy atom. The molecule has 0 bridgehead atoms. The summed E-state index contributed by atoms with van der Waals surface area (Å²) in [7, 11) is 0. The van der Waals surface area contributed by atoms with Crippen molar-refractivity contribution in [1.29, 1.82) is 0 Å². The second-order valence-corrected chi connectivity index (χ2v) is 6.00. The first-order valence-electron chi connectivity index (χ1n) is 6.02. The highest BCUT2D eigenvalue weighted by Crippen LogP contribution is 2.25. The Morgan fingerprint density at radius 3 is 2.44 bits per heavy atom. The number of hydrogen-bond donors (Lipinski definition) is 2. The Kier molecular flexibility index (Phi) is 3.78. The van der Waals surface area contributed by atoms with Crippen LogP contribution in [0.3, 0.4) is 0 Å². The summed E-state index contributed by atoms with van der Waals surface area (Å²) < 4.78 is 0. The van der Waals surface area contributed by atoms with Gasteiger partial charge in [0.1, 0.15) is 11.4 Å². The molecule has 1 aromatic carbocycles. The molecule has 2 aromatic rings. The number of hydrogen-bond acceptors (Lipinski definition) is 3. The molecule has 18 heavy (non-hydrogen) atoms. The van der Waals surface area contributed by atoms with E-state index in [0.717, 1.165) is 17.0 Å². The molecule has 0 aliphatic carbocycles. The highest BCUT2D eigenvalue weighted by molar-refractivity contribution is 7.99. The molecular formula is C14H18N2OS. The normalized spacial score (nSPS) is 11.8. The molecule has 0 saturated heterocycles. The molecule has 1 aromatic heterocycles. The predicted octanol–water partition coefficient (Wildman–Crippen LogP) is 3.42. The van der Waals surface area contributed by atoms with Crippen LogP contribution in [-0.2, 0) is 5.60 Å². The number of H-pyrrole nitrogens is 1. The van der Waals surface area contributed by atoms with E-state index >= 15 is 0 Å². The van der Waals surface area contributed by atoms with E-state index in [2.05, 4.69) is 41.2 Å². The number of rotatable bonds is 4. The van der Waals surface area contributed by atoms with E-state index in [4.69, 9.17) is 0 Å². The van der Waals surface area contributed by atoms with Crippen molar-refractivity contribution in [2.45, 2.75) is 31.3 Å². The van der Waals surface area contributed by atoms with Gasteiger partial charge in [0.15, 0.2) is 0 Å². The molecule has 1 heterocycles. The Balaban J connectivity index is 2.23. The quantitative estimate of drug-likeness (QED) is 0.830. The van der Waals surface area contributed by atoms with Gasteiger partial charge in [-0.1, -0.05) is 19.1 Å². The predicted molar refractivity (Wildman–Crippen MR) is 75.7 cm³/mol. The van der Waals surface area contributed by atoms with Crippen LogP contribution in [-0.4, -0.2) is 20.8 Å². The zero-order valence-electron chi connectivity index (χ0n) is 10.9. The lowest BCUT2D eigenvalue weighted by Crippen LogP contribution is -2.17. The molecule has 96 valence electrons. The van der Waals surface area contributed by atoms with Crippen molar-refractivity contribution in [1.82, 2.24) is 9.97 Å². The number of aromatic nitrogens is 2. The molecular weight excluding hydrogens is 244 g/mol. The van der Waals surface area contributed by atoms with Crippen LogP contribution in [0.25, 0.3) is 11.3 Å². The smallest absolute Gasteiger partial charge is 0.138 e. The number of benzene rings is 1. The van der Waals surface area contributed by atoms with E-state index in [0.29, 0.717) is 5.82 Å². The van der Waals surface area contributed by atoms with Gasteiger partial charge >= 0.3 is 0 Å². The van der Waals surface area contributed by atoms with Crippen LogP contribution >= 0.6 is 11.8 Å². The first-order valence-corrected chi connectivity index (χ1v) is 7.00. The lowest BCUT2D eigenvalue weighted by atomic mass is 10.1. The van der Waals surface area contributed by atoms with Gasteiger partial charge in [-0.2, -0.15) is 0 Å². The summed E-state index contributed by atoms with van der Waals surface area (Å²) in [6, 6.07) is 8.35. The molecule has 0 fully saturated rings. The highest BCUT2D eigenvalue weighted by atomic mass is 32.2. The van der Waals surface area contributed by atoms with Crippen LogP contribution in [0.4, 0.5) is 0 Å². The summed E-state index contributed by atoms with van der Waals surface area (Å²) in [5, 5.41) is 9.87. The maximum atomic E-state index is 9.87. The molecule has 0 saturated carbocycles. The van der Waals surface area contributed by atoms with E-state index in [-0.39, 0.29) is 0 Å². The van der Waals surface area contributed by atoms with Gasteiger partial charge < -0.3 is 10.1 Å². The van der Waals surface area contributed by atoms with E-state index in [1.807, 2.05) is 11.8 Å². The topological polar surface area (TPSA) is 48.9 Å². The maximum absolute atomic E-state index is 9.87. The van der Waals surface area contributed by atoms with E-state index in [1.165, 1.54) is 4.90 Å². The number of imidazole rings is 1. The van der Waals surface area contributed by atoms with Gasteiger partial charge in [0, 0.05) is 4.90 Å². The van der Waals surface area contributed by atoms with Gasteiger partial charge in [-0.3, -0.25) is 0 Å². The lowest BCUT2D eigenvalue weighted by molar-refractivity contribution is 0.0697. The molecule has 3 nitrogen and oxygen atoms in total. The van der Waals surface area contributed by atoms with E-state index in [9.17, 15) is 5.11 Å². The zero-order valence-corrected chi connectivity index (χ0v) is 11.7. The van der Waals surface area contributed by atoms with Gasteiger partial charge in [0.05, 0.1) is 11.9 Å². The lowest BCUT2D eigenvalue weighted by Gasteiger charge is -2.12. The molecule has 2 rings (SSSR count). The van der Waals surface area contributed by atoms with Gasteiger partial charge in [-0.15, -0.1) is 11.8 Å². The molecule has 0 aliphatic heterocycles. The van der Waals surface area contributed by atoms with Gasteiger partial charge in [-0.05, 0) is 37.3 Å². The van der Waals surface area contributed by atoms with Crippen molar-refractivity contribution in [3.8, 4) is 11.3 Å². The SMILES string of the molecule is CCSc1ccc(-c2cnc(C(C)(C)O)[nH]2)cc1. The molecule has 0 atom stereocenters. The minimum absolute atomic E-state index is 0.588. The van der Waals surface area contributed by atoms with Crippen LogP contribution in [0.2, 0.25) is 0 Å². The standard InChI is InChI=1S/C14H18N2OS/c1-4-18-11-7-5-10(6-8-11)12-9-15-13(16-12)14(2,3)17/h5-9,17H,4H2,1-3H3,(H,15,16). The summed E-state index contributed by atoms with van der Waals surface area (Å²) in [4.78, 5) is 8.63. The Morgan fingerprint density at radius 1 is 1.28 bits per heavy atom. The number of nitrogens with zero attached hydrogens (tertiary/aromatic N) is 1. The third-order valence-corrected chi connectivity index (χ3v) is 3.53. The highest BCUT2D eigenvalue weighted by Gasteiger charge is 2.19. The van der Waals surface area contributed by atoms with Gasteiger partial charge in [0.2, 0.25) is 0 Å². The van der Waals surface area contributed by atoms with Crippen LogP contribution in [0.15, 0.2) is 35.4 Å². The minimum atomic E-state index is -0.934. The van der Waals surface area contributed by atoms with Crippen LogP contribution in [0, 0.1) is 0 Å². The first kappa shape index (κ1) is 13.2. The second kappa shape index (κ2) is 5.16. The number of nitrogens with one attached hydrogen (secondary N) is 1. The summed E-state index contributed by atoms with van der Waals surface area (Å²) in [5.74, 6) is 1.66. The third kappa shape index (κ3) is 2.94. The fourth-order valence-electron chi connectivity index (χ4n) is 1.68. The largest absolute Gasteiger partial charge is 0.383 e. The van der Waals surface area contributed by atoms with Crippen molar-refractivity contribution in [2.75, 3.05) is 5.75 Å². The van der Waals surface area contributed by atoms with Crippen LogP contribution < -0.4 is 0 Å². The zero-order chi connectivity index (χ0) is 13.2. The molecule has 0 radical (unpaired) electrons. The Labute approximate surface area is 112 Å². The first-order chi connectivity index (χ1) is 8.50. The molecule has 0 spiro atoms. The monoisotopic (exact) mass is 262 g/mol. The fraction of sp³-hybridized carbons (Fsp3) is 0.357. The number of thioether (sulfide) groups is 1. The molecule has 0 aliphatic rings. The van der Waals surface area contributed by atoms with Crippen molar-refractivity contribution >= 4 is 11.8 Å². The fourth-order valence-corrected chi connectivity index (χ4v) is 2.34. The van der Waals surface area contributed by atoms with E-state index in [1.54, 1.807) is 20.0 Å². The number of aromatic amines is 1. The Hall–Kier alpha value is -1.26. The van der Waals surface area contributed by atoms with Crippen molar-refractivity contribution in [2.24, 2.45) is 0 Å². The second-order valence-electron chi connectivity index (χ2n) is 4.66. The van der Waals surface area contributed by atoms with Crippen molar-refractivity contribution in [3.05, 3.63) is 36.3 Å².